The van der Waals surface area contributed by atoms with Crippen molar-refractivity contribution in [2.45, 2.75) is 19.5 Å². The van der Waals surface area contributed by atoms with E-state index in [0.717, 1.165) is 11.4 Å². The van der Waals surface area contributed by atoms with Crippen LogP contribution in [0, 0.1) is 0 Å². The topological polar surface area (TPSA) is 59.7 Å². The van der Waals surface area contributed by atoms with Gasteiger partial charge in [-0.3, -0.25) is 4.90 Å². The third-order valence-electron chi connectivity index (χ3n) is 3.63. The summed E-state index contributed by atoms with van der Waals surface area (Å²) >= 11 is 7.28. The molecule has 0 fully saturated rings. The normalized spacial score (nSPS) is 12.7. The van der Waals surface area contributed by atoms with Crippen LogP contribution in [0.1, 0.15) is 24.2 Å². The molecule has 114 valence electrons. The van der Waals surface area contributed by atoms with E-state index in [9.17, 15) is 0 Å². The number of nitrogens with zero attached hydrogens (tertiary/aromatic N) is 6. The van der Waals surface area contributed by atoms with Crippen LogP contribution >= 0.6 is 23.1 Å². The van der Waals surface area contributed by atoms with Crippen molar-refractivity contribution in [1.82, 2.24) is 29.3 Å². The molecule has 0 saturated carbocycles. The van der Waals surface area contributed by atoms with Crippen LogP contribution in [0.15, 0.2) is 36.9 Å². The Morgan fingerprint density at radius 2 is 2.09 bits per heavy atom. The van der Waals surface area contributed by atoms with Gasteiger partial charge in [0.2, 0.25) is 0 Å². The van der Waals surface area contributed by atoms with Gasteiger partial charge in [-0.1, -0.05) is 28.2 Å². The summed E-state index contributed by atoms with van der Waals surface area (Å²) in [6.45, 7) is 2.82. The highest BCUT2D eigenvalue weighted by atomic mass is 35.5. The van der Waals surface area contributed by atoms with Crippen molar-refractivity contribution in [3.8, 4) is 5.69 Å². The quantitative estimate of drug-likeness (QED) is 0.718. The van der Waals surface area contributed by atoms with Crippen LogP contribution in [0.4, 0.5) is 0 Å². The number of halogens is 1. The van der Waals surface area contributed by atoms with E-state index in [1.165, 1.54) is 23.4 Å². The lowest BCUT2D eigenvalue weighted by Gasteiger charge is -2.24. The van der Waals surface area contributed by atoms with Crippen molar-refractivity contribution in [2.75, 3.05) is 7.05 Å². The van der Waals surface area contributed by atoms with Gasteiger partial charge in [-0.15, -0.1) is 5.10 Å². The van der Waals surface area contributed by atoms with Gasteiger partial charge in [-0.05, 0) is 31.7 Å². The van der Waals surface area contributed by atoms with Gasteiger partial charge in [0.05, 0.1) is 5.69 Å². The van der Waals surface area contributed by atoms with Gasteiger partial charge in [0.1, 0.15) is 22.7 Å². The van der Waals surface area contributed by atoms with Gasteiger partial charge in [-0.25, -0.2) is 9.67 Å². The highest BCUT2D eigenvalue weighted by molar-refractivity contribution is 7.10. The average Bonchev–Trinajstić information content (AvgIpc) is 3.19. The van der Waals surface area contributed by atoms with Gasteiger partial charge in [0.15, 0.2) is 0 Å². The maximum atomic E-state index is 6.06. The molecule has 6 nitrogen and oxygen atoms in total. The predicted molar refractivity (Wildman–Crippen MR) is 86.2 cm³/mol. The predicted octanol–water partition coefficient (Wildman–Crippen LogP) is 2.97. The fourth-order valence-electron chi connectivity index (χ4n) is 2.17. The highest BCUT2D eigenvalue weighted by Gasteiger charge is 2.15. The van der Waals surface area contributed by atoms with Crippen LogP contribution in [0.25, 0.3) is 5.69 Å². The van der Waals surface area contributed by atoms with Crippen molar-refractivity contribution >= 4 is 23.1 Å². The molecule has 1 unspecified atom stereocenters. The first-order chi connectivity index (χ1) is 10.6. The van der Waals surface area contributed by atoms with E-state index in [4.69, 9.17) is 11.6 Å². The largest absolute Gasteiger partial charge is 0.294 e. The van der Waals surface area contributed by atoms with Crippen molar-refractivity contribution in [1.29, 1.82) is 0 Å². The maximum Gasteiger partial charge on any atom is 0.138 e. The molecule has 8 heteroatoms. The smallest absolute Gasteiger partial charge is 0.138 e. The van der Waals surface area contributed by atoms with Crippen molar-refractivity contribution in [2.24, 2.45) is 0 Å². The molecule has 3 aromatic rings. The van der Waals surface area contributed by atoms with Gasteiger partial charge in [-0.2, -0.15) is 5.10 Å². The zero-order chi connectivity index (χ0) is 15.5. The molecule has 0 saturated heterocycles. The third kappa shape index (κ3) is 3.16. The minimum absolute atomic E-state index is 0.238. The first-order valence-electron chi connectivity index (χ1n) is 6.77. The number of rotatable bonds is 5. The molecule has 0 aliphatic heterocycles. The van der Waals surface area contributed by atoms with Crippen molar-refractivity contribution in [3.05, 3.63) is 52.5 Å². The number of aromatic nitrogens is 5. The zero-order valence-electron chi connectivity index (χ0n) is 12.2. The Bertz CT molecular complexity index is 724. The summed E-state index contributed by atoms with van der Waals surface area (Å²) in [5, 5.41) is 8.18. The first-order valence-corrected chi connectivity index (χ1v) is 7.92. The molecule has 2 heterocycles. The summed E-state index contributed by atoms with van der Waals surface area (Å²) in [7, 11) is 2.05. The molecule has 0 aliphatic carbocycles. The van der Waals surface area contributed by atoms with E-state index in [1.54, 1.807) is 11.0 Å². The van der Waals surface area contributed by atoms with Crippen LogP contribution in [0.2, 0.25) is 4.34 Å². The highest BCUT2D eigenvalue weighted by Crippen LogP contribution is 2.24. The monoisotopic (exact) mass is 334 g/mol. The summed E-state index contributed by atoms with van der Waals surface area (Å²) in [6.07, 6.45) is 3.21. The summed E-state index contributed by atoms with van der Waals surface area (Å²) < 4.78 is 6.25. The minimum atomic E-state index is 0.238. The molecule has 3 rings (SSSR count). The Kier molecular flexibility index (Phi) is 4.47. The zero-order valence-corrected chi connectivity index (χ0v) is 13.8. The molecule has 0 spiro atoms. The van der Waals surface area contributed by atoms with Crippen molar-refractivity contribution in [3.63, 3.8) is 0 Å². The van der Waals surface area contributed by atoms with Crippen LogP contribution in [-0.2, 0) is 6.54 Å². The van der Waals surface area contributed by atoms with E-state index in [1.807, 2.05) is 19.2 Å². The molecule has 0 radical (unpaired) electrons. The molecule has 0 bridgehead atoms. The summed E-state index contributed by atoms with van der Waals surface area (Å²) in [4.78, 5) is 6.14. The SMILES string of the molecule is CC(c1ccc(-n2cncn2)cc1)N(C)Cc1nnsc1Cl. The van der Waals surface area contributed by atoms with E-state index in [0.29, 0.717) is 10.9 Å². The van der Waals surface area contributed by atoms with E-state index in [-0.39, 0.29) is 6.04 Å². The summed E-state index contributed by atoms with van der Waals surface area (Å²) in [5.74, 6) is 0. The third-order valence-corrected chi connectivity index (χ3v) is 4.61. The van der Waals surface area contributed by atoms with E-state index >= 15 is 0 Å². The lowest BCUT2D eigenvalue weighted by atomic mass is 10.1. The van der Waals surface area contributed by atoms with Gasteiger partial charge >= 0.3 is 0 Å². The second-order valence-electron chi connectivity index (χ2n) is 5.02. The molecular weight excluding hydrogens is 320 g/mol. The van der Waals surface area contributed by atoms with E-state index in [2.05, 4.69) is 43.6 Å². The number of benzene rings is 1. The van der Waals surface area contributed by atoms with Crippen LogP contribution < -0.4 is 0 Å². The molecule has 0 amide bonds. The fourth-order valence-corrected chi connectivity index (χ4v) is 2.78. The Hall–Kier alpha value is -1.83. The number of hydrogen-bond acceptors (Lipinski definition) is 6. The Balaban J connectivity index is 1.71. The molecular formula is C14H15ClN6S. The lowest BCUT2D eigenvalue weighted by Crippen LogP contribution is -2.22. The average molecular weight is 335 g/mol. The molecule has 2 aromatic heterocycles. The standard InChI is InChI=1S/C14H15ClN6S/c1-10(20(2)7-13-14(15)22-19-18-13)11-3-5-12(6-4-11)21-9-16-8-17-21/h3-6,8-10H,7H2,1-2H3. The first kappa shape index (κ1) is 15.1. The molecule has 0 N–H and O–H groups in total. The molecule has 1 aromatic carbocycles. The minimum Gasteiger partial charge on any atom is -0.294 e. The Morgan fingerprint density at radius 1 is 1.32 bits per heavy atom. The Labute approximate surface area is 137 Å². The molecule has 22 heavy (non-hydrogen) atoms. The molecule has 1 atom stereocenters. The van der Waals surface area contributed by atoms with Crippen LogP contribution in [-0.4, -0.2) is 36.3 Å². The number of hydrogen-bond donors (Lipinski definition) is 0. The van der Waals surface area contributed by atoms with Crippen LogP contribution in [0.3, 0.4) is 0 Å². The second kappa shape index (κ2) is 6.51. The summed E-state index contributed by atoms with van der Waals surface area (Å²) in [5.41, 5.74) is 3.02. The summed E-state index contributed by atoms with van der Waals surface area (Å²) in [6, 6.07) is 8.50. The van der Waals surface area contributed by atoms with Gasteiger partial charge in [0.25, 0.3) is 0 Å². The van der Waals surface area contributed by atoms with E-state index < -0.39 is 0 Å². The van der Waals surface area contributed by atoms with Gasteiger partial charge in [0, 0.05) is 24.1 Å². The fraction of sp³-hybridized carbons (Fsp3) is 0.286. The Morgan fingerprint density at radius 3 is 2.68 bits per heavy atom. The maximum absolute atomic E-state index is 6.06. The van der Waals surface area contributed by atoms with Crippen LogP contribution in [0.5, 0.6) is 0 Å². The second-order valence-corrected chi connectivity index (χ2v) is 6.37. The van der Waals surface area contributed by atoms with Crippen molar-refractivity contribution < 1.29 is 0 Å². The molecule has 0 aliphatic rings. The lowest BCUT2D eigenvalue weighted by molar-refractivity contribution is 0.250. The van der Waals surface area contributed by atoms with Gasteiger partial charge < -0.3 is 0 Å².